The summed E-state index contributed by atoms with van der Waals surface area (Å²) in [6, 6.07) is -0.957. The summed E-state index contributed by atoms with van der Waals surface area (Å²) in [5, 5.41) is 21.6. The van der Waals surface area contributed by atoms with Crippen LogP contribution >= 0.6 is 0 Å². The van der Waals surface area contributed by atoms with Crippen LogP contribution in [0.15, 0.2) is 24.3 Å². The van der Waals surface area contributed by atoms with Crippen LogP contribution in [0.3, 0.4) is 0 Å². The lowest BCUT2D eigenvalue weighted by molar-refractivity contribution is -0.291. The van der Waals surface area contributed by atoms with E-state index in [1.165, 1.54) is 19.1 Å². The van der Waals surface area contributed by atoms with Gasteiger partial charge in [0.15, 0.2) is 0 Å². The third-order valence-corrected chi connectivity index (χ3v) is 9.43. The largest absolute Gasteiger partial charge is 0.456 e. The Morgan fingerprint density at radius 3 is 2.48 bits per heavy atom. The number of likely N-dealkylation sites (tertiary alicyclic amines) is 1. The first-order valence-electron chi connectivity index (χ1n) is 16.0. The minimum atomic E-state index is -2.37. The number of hydrogen-bond acceptors (Lipinski definition) is 10. The number of carbonyl (C=O) groups excluding carboxylic acids is 3. The number of hydrogen-bond donors (Lipinski definition) is 2. The molecule has 3 aliphatic rings. The molecule has 11 heteroatoms. The van der Waals surface area contributed by atoms with Gasteiger partial charge in [-0.3, -0.25) is 9.59 Å². The molecule has 2 N–H and O–H groups in total. The van der Waals surface area contributed by atoms with Crippen LogP contribution in [-0.2, 0) is 38.1 Å². The first-order chi connectivity index (χ1) is 21.0. The SMILES string of the molecule is C=CCCC[C@H](OC(=O)[C@@H]1CCCCN1C(=O)C(=O)[C@]1(O)O[C@H](COC)[C@@H](OC)C[C@H]1C)C(C)=C[C@@H]1CC[C@@H](O)[C@H](OC)C1. The van der Waals surface area contributed by atoms with Crippen molar-refractivity contribution in [3.05, 3.63) is 24.3 Å². The molecule has 0 aromatic heterocycles. The van der Waals surface area contributed by atoms with Gasteiger partial charge < -0.3 is 38.8 Å². The number of rotatable bonds is 14. The molecular formula is C33H53NO10. The minimum absolute atomic E-state index is 0.0708. The highest BCUT2D eigenvalue weighted by molar-refractivity contribution is 6.39. The molecule has 2 aliphatic heterocycles. The predicted molar refractivity (Wildman–Crippen MR) is 162 cm³/mol. The van der Waals surface area contributed by atoms with Crippen molar-refractivity contribution >= 4 is 17.7 Å². The van der Waals surface area contributed by atoms with Crippen molar-refractivity contribution in [2.45, 2.75) is 120 Å². The van der Waals surface area contributed by atoms with Crippen LogP contribution in [0, 0.1) is 11.8 Å². The topological polar surface area (TPSA) is 141 Å². The van der Waals surface area contributed by atoms with Crippen molar-refractivity contribution in [1.29, 1.82) is 0 Å². The van der Waals surface area contributed by atoms with E-state index in [-0.39, 0.29) is 31.6 Å². The highest BCUT2D eigenvalue weighted by Crippen LogP contribution is 2.36. The second kappa shape index (κ2) is 17.0. The lowest BCUT2D eigenvalue weighted by Gasteiger charge is -2.44. The highest BCUT2D eigenvalue weighted by atomic mass is 16.7. The Balaban J connectivity index is 1.77. The van der Waals surface area contributed by atoms with Gasteiger partial charge in [0.1, 0.15) is 18.2 Å². The predicted octanol–water partition coefficient (Wildman–Crippen LogP) is 3.10. The summed E-state index contributed by atoms with van der Waals surface area (Å²) >= 11 is 0. The summed E-state index contributed by atoms with van der Waals surface area (Å²) < 4.78 is 28.0. The summed E-state index contributed by atoms with van der Waals surface area (Å²) in [6.07, 6.45) is 7.68. The smallest absolute Gasteiger partial charge is 0.329 e. The van der Waals surface area contributed by atoms with Crippen molar-refractivity contribution in [3.63, 3.8) is 0 Å². The summed E-state index contributed by atoms with van der Waals surface area (Å²) in [5.41, 5.74) is 0.902. The van der Waals surface area contributed by atoms with Gasteiger partial charge in [0.2, 0.25) is 5.79 Å². The Labute approximate surface area is 261 Å². The number of carbonyl (C=O) groups is 3. The number of esters is 1. The van der Waals surface area contributed by atoms with Gasteiger partial charge in [0.05, 0.1) is 24.9 Å². The van der Waals surface area contributed by atoms with E-state index in [2.05, 4.69) is 12.7 Å². The molecule has 3 fully saturated rings. The second-order valence-electron chi connectivity index (χ2n) is 12.5. The van der Waals surface area contributed by atoms with E-state index in [1.54, 1.807) is 14.0 Å². The number of aliphatic hydroxyl groups is 2. The minimum Gasteiger partial charge on any atom is -0.456 e. The van der Waals surface area contributed by atoms with Crippen LogP contribution in [0.4, 0.5) is 0 Å². The number of aliphatic hydroxyl groups excluding tert-OH is 1. The molecule has 1 amide bonds. The molecule has 0 aromatic carbocycles. The average molecular weight is 624 g/mol. The van der Waals surface area contributed by atoms with Crippen molar-refractivity contribution < 1.29 is 48.3 Å². The summed E-state index contributed by atoms with van der Waals surface area (Å²) in [6.45, 7) is 7.62. The molecule has 0 bridgehead atoms. The van der Waals surface area contributed by atoms with Gasteiger partial charge in [-0.05, 0) is 82.6 Å². The standard InChI is InChI=1S/C33H53NO10/c1-7-8-9-13-26(21(2)17-23-14-15-25(35)27(19-23)41-5)43-32(38)24-12-10-11-16-34(24)31(37)30(36)33(39)22(3)18-28(42-6)29(44-33)20-40-4/h7,17,22-29,35,39H,1,8-16,18-20H2,2-6H3/t22-,23+,24+,25-,26+,27-,28+,29-,33-/m1/s1. The fraction of sp³-hybridized carbons (Fsp3) is 0.788. The maximum Gasteiger partial charge on any atom is 0.329 e. The molecule has 250 valence electrons. The zero-order valence-corrected chi connectivity index (χ0v) is 27.1. The van der Waals surface area contributed by atoms with Crippen molar-refractivity contribution in [2.24, 2.45) is 11.8 Å². The Morgan fingerprint density at radius 1 is 1.09 bits per heavy atom. The maximum atomic E-state index is 13.7. The van der Waals surface area contributed by atoms with E-state index in [1.807, 2.05) is 13.0 Å². The molecule has 0 unspecified atom stereocenters. The van der Waals surface area contributed by atoms with Crippen LogP contribution in [0.5, 0.6) is 0 Å². The fourth-order valence-electron chi connectivity index (χ4n) is 6.69. The van der Waals surface area contributed by atoms with E-state index in [0.29, 0.717) is 38.5 Å². The second-order valence-corrected chi connectivity index (χ2v) is 12.5. The van der Waals surface area contributed by atoms with Crippen LogP contribution in [0.1, 0.15) is 78.1 Å². The van der Waals surface area contributed by atoms with Gasteiger partial charge in [-0.25, -0.2) is 4.79 Å². The lowest BCUT2D eigenvalue weighted by atomic mass is 9.83. The normalized spacial score (nSPS) is 33.8. The zero-order chi connectivity index (χ0) is 32.4. The number of ketones is 1. The Hall–Kier alpha value is -2.15. The molecule has 3 rings (SSSR count). The fourth-order valence-corrected chi connectivity index (χ4v) is 6.69. The Bertz CT molecular complexity index is 1020. The first kappa shape index (κ1) is 36.3. The van der Waals surface area contributed by atoms with Gasteiger partial charge in [-0.2, -0.15) is 0 Å². The van der Waals surface area contributed by atoms with Crippen molar-refractivity contribution in [1.82, 2.24) is 4.90 Å². The van der Waals surface area contributed by atoms with Crippen LogP contribution in [0.2, 0.25) is 0 Å². The van der Waals surface area contributed by atoms with Crippen LogP contribution in [-0.4, -0.2) is 110 Å². The van der Waals surface area contributed by atoms with Gasteiger partial charge in [0, 0.05) is 33.8 Å². The van der Waals surface area contributed by atoms with Crippen LogP contribution in [0.25, 0.3) is 0 Å². The third kappa shape index (κ3) is 8.76. The summed E-state index contributed by atoms with van der Waals surface area (Å²) in [4.78, 5) is 42.2. The number of allylic oxidation sites excluding steroid dienone is 2. The zero-order valence-electron chi connectivity index (χ0n) is 27.1. The van der Waals surface area contributed by atoms with Gasteiger partial charge in [-0.15, -0.1) is 6.58 Å². The molecule has 1 saturated carbocycles. The van der Waals surface area contributed by atoms with E-state index in [9.17, 15) is 24.6 Å². The number of piperidine rings is 1. The Kier molecular flexibility index (Phi) is 14.0. The van der Waals surface area contributed by atoms with Gasteiger partial charge in [0.25, 0.3) is 11.7 Å². The molecule has 11 nitrogen and oxygen atoms in total. The monoisotopic (exact) mass is 623 g/mol. The van der Waals surface area contributed by atoms with Crippen molar-refractivity contribution in [2.75, 3.05) is 34.5 Å². The quantitative estimate of drug-likeness (QED) is 0.128. The maximum absolute atomic E-state index is 13.7. The molecule has 0 radical (unpaired) electrons. The van der Waals surface area contributed by atoms with Gasteiger partial charge >= 0.3 is 5.97 Å². The third-order valence-electron chi connectivity index (χ3n) is 9.43. The molecular weight excluding hydrogens is 570 g/mol. The Morgan fingerprint density at radius 2 is 1.82 bits per heavy atom. The molecule has 0 spiro atoms. The number of nitrogens with zero attached hydrogens (tertiary/aromatic N) is 1. The first-order valence-corrected chi connectivity index (χ1v) is 16.0. The molecule has 44 heavy (non-hydrogen) atoms. The molecule has 1 aliphatic carbocycles. The summed E-state index contributed by atoms with van der Waals surface area (Å²) in [5.74, 6) is -5.57. The highest BCUT2D eigenvalue weighted by Gasteiger charge is 2.55. The van der Waals surface area contributed by atoms with E-state index < -0.39 is 59.8 Å². The number of Topliss-reactive ketones (excluding diaryl/α,β-unsaturated/α-hetero) is 1. The molecule has 2 heterocycles. The van der Waals surface area contributed by atoms with Gasteiger partial charge in [-0.1, -0.05) is 19.1 Å². The molecule has 2 saturated heterocycles. The van der Waals surface area contributed by atoms with E-state index in [4.69, 9.17) is 23.7 Å². The van der Waals surface area contributed by atoms with Crippen molar-refractivity contribution in [3.8, 4) is 0 Å². The summed E-state index contributed by atoms with van der Waals surface area (Å²) in [7, 11) is 4.59. The van der Waals surface area contributed by atoms with Crippen LogP contribution < -0.4 is 0 Å². The number of methoxy groups -OCH3 is 3. The number of unbranched alkanes of at least 4 members (excludes halogenated alkanes) is 1. The number of ether oxygens (including phenoxy) is 5. The molecule has 9 atom stereocenters. The van der Waals surface area contributed by atoms with E-state index >= 15 is 0 Å². The lowest BCUT2D eigenvalue weighted by Crippen LogP contribution is -2.63. The average Bonchev–Trinajstić information content (AvgIpc) is 3.02. The van der Waals surface area contributed by atoms with E-state index in [0.717, 1.165) is 24.8 Å². The number of amides is 1. The molecule has 0 aromatic rings.